The molecule has 2 aromatic rings. The van der Waals surface area contributed by atoms with Gasteiger partial charge in [-0.2, -0.15) is 0 Å². The Hall–Kier alpha value is -3.13. The summed E-state index contributed by atoms with van der Waals surface area (Å²) in [6.07, 6.45) is 1.09. The van der Waals surface area contributed by atoms with Crippen molar-refractivity contribution in [3.8, 4) is 23.0 Å². The number of piperidine rings is 1. The normalized spacial score (nSPS) is 14.0. The highest BCUT2D eigenvalue weighted by molar-refractivity contribution is 6.31. The van der Waals surface area contributed by atoms with Gasteiger partial charge in [0.25, 0.3) is 5.91 Å². The molecule has 0 aromatic heterocycles. The number of nitrogens with one attached hydrogen (secondary N) is 1. The van der Waals surface area contributed by atoms with Crippen LogP contribution in [0.25, 0.3) is 0 Å². The number of hydrogen-bond acceptors (Lipinski definition) is 6. The van der Waals surface area contributed by atoms with E-state index >= 15 is 0 Å². The second kappa shape index (κ2) is 10.5. The second-order valence-corrected chi connectivity index (χ2v) is 7.75. The predicted molar refractivity (Wildman–Crippen MR) is 121 cm³/mol. The Bertz CT molecular complexity index is 963. The molecular formula is C23H27ClN2O6. The number of ether oxygens (including phenoxy) is 4. The Morgan fingerprint density at radius 1 is 0.906 bits per heavy atom. The molecule has 2 amide bonds. The first-order valence-electron chi connectivity index (χ1n) is 10.2. The van der Waals surface area contributed by atoms with Crippen molar-refractivity contribution >= 4 is 29.1 Å². The van der Waals surface area contributed by atoms with Crippen molar-refractivity contribution in [2.45, 2.75) is 12.8 Å². The van der Waals surface area contributed by atoms with Gasteiger partial charge in [0.2, 0.25) is 11.7 Å². The Morgan fingerprint density at radius 3 is 2.03 bits per heavy atom. The number of nitrogens with zero attached hydrogens (tertiary/aromatic N) is 1. The van der Waals surface area contributed by atoms with E-state index in [0.717, 1.165) is 0 Å². The molecule has 0 atom stereocenters. The molecule has 0 unspecified atom stereocenters. The van der Waals surface area contributed by atoms with Crippen LogP contribution in [0.2, 0.25) is 5.02 Å². The van der Waals surface area contributed by atoms with Crippen LogP contribution in [-0.4, -0.2) is 58.2 Å². The summed E-state index contributed by atoms with van der Waals surface area (Å²) in [5.41, 5.74) is 0.965. The lowest BCUT2D eigenvalue weighted by Crippen LogP contribution is -2.41. The average molecular weight is 463 g/mol. The first-order chi connectivity index (χ1) is 15.4. The number of halogens is 1. The van der Waals surface area contributed by atoms with Gasteiger partial charge in [-0.15, -0.1) is 0 Å². The number of benzene rings is 2. The van der Waals surface area contributed by atoms with E-state index in [4.69, 9.17) is 30.5 Å². The lowest BCUT2D eigenvalue weighted by molar-refractivity contribution is -0.121. The van der Waals surface area contributed by atoms with Gasteiger partial charge in [-0.1, -0.05) is 11.6 Å². The van der Waals surface area contributed by atoms with Gasteiger partial charge in [-0.05, 0) is 43.2 Å². The van der Waals surface area contributed by atoms with Gasteiger partial charge in [0.15, 0.2) is 11.5 Å². The molecule has 1 aliphatic heterocycles. The van der Waals surface area contributed by atoms with Crippen LogP contribution in [-0.2, 0) is 4.79 Å². The lowest BCUT2D eigenvalue weighted by Gasteiger charge is -2.31. The molecule has 0 saturated carbocycles. The third-order valence-electron chi connectivity index (χ3n) is 5.48. The Balaban J connectivity index is 1.66. The van der Waals surface area contributed by atoms with Gasteiger partial charge < -0.3 is 29.2 Å². The van der Waals surface area contributed by atoms with E-state index in [1.165, 1.54) is 28.4 Å². The number of rotatable bonds is 7. The first kappa shape index (κ1) is 23.5. The smallest absolute Gasteiger partial charge is 0.254 e. The molecule has 0 aliphatic carbocycles. The molecule has 0 spiro atoms. The summed E-state index contributed by atoms with van der Waals surface area (Å²) >= 11 is 6.04. The molecule has 3 rings (SSSR count). The molecular weight excluding hydrogens is 436 g/mol. The van der Waals surface area contributed by atoms with Gasteiger partial charge in [0.1, 0.15) is 5.75 Å². The number of carbonyl (C=O) groups excluding carboxylic acids is 2. The third kappa shape index (κ3) is 5.02. The molecule has 0 radical (unpaired) electrons. The van der Waals surface area contributed by atoms with E-state index in [1.807, 2.05) is 0 Å². The van der Waals surface area contributed by atoms with Crippen molar-refractivity contribution in [2.24, 2.45) is 5.92 Å². The minimum absolute atomic E-state index is 0.120. The van der Waals surface area contributed by atoms with E-state index in [0.29, 0.717) is 65.2 Å². The summed E-state index contributed by atoms with van der Waals surface area (Å²) in [6.45, 7) is 0.917. The van der Waals surface area contributed by atoms with Gasteiger partial charge in [-0.3, -0.25) is 9.59 Å². The highest BCUT2D eigenvalue weighted by atomic mass is 35.5. The van der Waals surface area contributed by atoms with Crippen LogP contribution >= 0.6 is 11.6 Å². The maximum Gasteiger partial charge on any atom is 0.254 e. The first-order valence-corrected chi connectivity index (χ1v) is 10.5. The van der Waals surface area contributed by atoms with E-state index in [-0.39, 0.29) is 17.7 Å². The van der Waals surface area contributed by atoms with Crippen LogP contribution in [0.15, 0.2) is 30.3 Å². The molecule has 1 heterocycles. The number of methoxy groups -OCH3 is 4. The molecule has 8 nitrogen and oxygen atoms in total. The third-order valence-corrected chi connectivity index (χ3v) is 5.72. The van der Waals surface area contributed by atoms with Crippen LogP contribution in [0.1, 0.15) is 23.2 Å². The van der Waals surface area contributed by atoms with Gasteiger partial charge in [0.05, 0.1) is 34.1 Å². The Kier molecular flexibility index (Phi) is 7.69. The molecule has 1 saturated heterocycles. The van der Waals surface area contributed by atoms with E-state index in [9.17, 15) is 9.59 Å². The number of carbonyl (C=O) groups is 2. The van der Waals surface area contributed by atoms with Crippen molar-refractivity contribution in [3.63, 3.8) is 0 Å². The summed E-state index contributed by atoms with van der Waals surface area (Å²) in [7, 11) is 6.05. The van der Waals surface area contributed by atoms with Crippen molar-refractivity contribution in [1.29, 1.82) is 0 Å². The zero-order chi connectivity index (χ0) is 23.3. The van der Waals surface area contributed by atoms with E-state index in [2.05, 4.69) is 5.32 Å². The summed E-state index contributed by atoms with van der Waals surface area (Å²) in [6, 6.07) is 8.32. The molecule has 9 heteroatoms. The van der Waals surface area contributed by atoms with Crippen LogP contribution in [0.5, 0.6) is 23.0 Å². The topological polar surface area (TPSA) is 86.3 Å². The number of anilines is 1. The molecule has 0 bridgehead atoms. The fourth-order valence-electron chi connectivity index (χ4n) is 3.74. The number of amides is 2. The maximum absolute atomic E-state index is 13.1. The Morgan fingerprint density at radius 2 is 1.50 bits per heavy atom. The van der Waals surface area contributed by atoms with Gasteiger partial charge in [0, 0.05) is 29.6 Å². The summed E-state index contributed by atoms with van der Waals surface area (Å²) < 4.78 is 21.3. The number of hydrogen-bond donors (Lipinski definition) is 1. The summed E-state index contributed by atoms with van der Waals surface area (Å²) in [4.78, 5) is 27.6. The van der Waals surface area contributed by atoms with Crippen LogP contribution in [0.4, 0.5) is 5.69 Å². The average Bonchev–Trinajstić information content (AvgIpc) is 2.82. The molecule has 172 valence electrons. The molecule has 1 fully saturated rings. The second-order valence-electron chi connectivity index (χ2n) is 7.31. The molecule has 1 aliphatic rings. The van der Waals surface area contributed by atoms with E-state index < -0.39 is 0 Å². The zero-order valence-electron chi connectivity index (χ0n) is 18.6. The number of likely N-dealkylation sites (tertiary alicyclic amines) is 1. The highest BCUT2D eigenvalue weighted by Gasteiger charge is 2.29. The predicted octanol–water partition coefficient (Wildman–Crippen LogP) is 3.87. The minimum atomic E-state index is -0.220. The fourth-order valence-corrected chi connectivity index (χ4v) is 3.92. The summed E-state index contributed by atoms with van der Waals surface area (Å²) in [5.74, 6) is 1.31. The maximum atomic E-state index is 13.1. The van der Waals surface area contributed by atoms with Crippen molar-refractivity contribution in [3.05, 3.63) is 40.9 Å². The van der Waals surface area contributed by atoms with Crippen LogP contribution < -0.4 is 24.3 Å². The standard InChI is InChI=1S/C23H27ClN2O6/c1-29-18-6-5-16(24)13-17(18)25-22(27)14-7-9-26(10-8-14)23(28)15-11-19(30-2)21(32-4)20(12-15)31-3/h5-6,11-14H,7-10H2,1-4H3,(H,25,27). The minimum Gasteiger partial charge on any atom is -0.495 e. The largest absolute Gasteiger partial charge is 0.495 e. The lowest BCUT2D eigenvalue weighted by atomic mass is 9.95. The van der Waals surface area contributed by atoms with Crippen molar-refractivity contribution < 1.29 is 28.5 Å². The van der Waals surface area contributed by atoms with Crippen LogP contribution in [0, 0.1) is 5.92 Å². The SMILES string of the molecule is COc1ccc(Cl)cc1NC(=O)C1CCN(C(=O)c2cc(OC)c(OC)c(OC)c2)CC1. The van der Waals surface area contributed by atoms with Crippen molar-refractivity contribution in [2.75, 3.05) is 46.8 Å². The van der Waals surface area contributed by atoms with Gasteiger partial charge >= 0.3 is 0 Å². The van der Waals surface area contributed by atoms with Gasteiger partial charge in [-0.25, -0.2) is 0 Å². The van der Waals surface area contributed by atoms with Crippen LogP contribution in [0.3, 0.4) is 0 Å². The highest BCUT2D eigenvalue weighted by Crippen LogP contribution is 2.38. The quantitative estimate of drug-likeness (QED) is 0.672. The van der Waals surface area contributed by atoms with E-state index in [1.54, 1.807) is 35.2 Å². The summed E-state index contributed by atoms with van der Waals surface area (Å²) in [5, 5.41) is 3.40. The van der Waals surface area contributed by atoms with Crippen molar-refractivity contribution in [1.82, 2.24) is 4.90 Å². The zero-order valence-corrected chi connectivity index (χ0v) is 19.3. The fraction of sp³-hybridized carbons (Fsp3) is 0.391. The molecule has 2 aromatic carbocycles. The molecule has 1 N–H and O–H groups in total. The Labute approximate surface area is 192 Å². The molecule has 32 heavy (non-hydrogen) atoms. The monoisotopic (exact) mass is 462 g/mol.